The molecule has 7 aromatic rings. The Morgan fingerprint density at radius 1 is 0.569 bits per heavy atom. The zero-order valence-corrected chi connectivity index (χ0v) is 68.8. The summed E-state index contributed by atoms with van der Waals surface area (Å²) < 4.78 is 48.4. The summed E-state index contributed by atoms with van der Waals surface area (Å²) in [5.74, 6) is 0.943. The topological polar surface area (TPSA) is 246 Å². The van der Waals surface area contributed by atoms with E-state index in [1.807, 2.05) is 111 Å². The number of nitrogens with two attached hydrogens (primary N) is 2. The second-order valence-electron chi connectivity index (χ2n) is 27.0. The van der Waals surface area contributed by atoms with Crippen LogP contribution in [0.5, 0.6) is 0 Å². The first-order valence-electron chi connectivity index (χ1n) is 34.4. The number of nitrogen functional groups attached to an aromatic ring is 1. The van der Waals surface area contributed by atoms with Gasteiger partial charge < -0.3 is 65.9 Å². The number of benzene rings is 6. The molecule has 0 amide bonds. The molecule has 6 aromatic carbocycles. The molecule has 0 aliphatic carbocycles. The van der Waals surface area contributed by atoms with Crippen molar-refractivity contribution in [2.75, 3.05) is 187 Å². The second kappa shape index (κ2) is 42.4. The molecule has 0 saturated carbocycles. The van der Waals surface area contributed by atoms with E-state index in [0.29, 0.717) is 37.0 Å². The quantitative estimate of drug-likeness (QED) is 0.0236. The summed E-state index contributed by atoms with van der Waals surface area (Å²) in [6.45, 7) is 35.6. The van der Waals surface area contributed by atoms with Crippen molar-refractivity contribution in [2.45, 2.75) is 85.4 Å². The van der Waals surface area contributed by atoms with Gasteiger partial charge in [0.2, 0.25) is 5.95 Å². The van der Waals surface area contributed by atoms with Crippen molar-refractivity contribution in [1.82, 2.24) is 24.6 Å². The maximum atomic E-state index is 11.0. The van der Waals surface area contributed by atoms with Crippen molar-refractivity contribution in [2.24, 2.45) is 5.73 Å². The van der Waals surface area contributed by atoms with Gasteiger partial charge in [-0.2, -0.15) is 13.4 Å². The number of hydrogen-bond acceptors (Lipinski definition) is 20. The van der Waals surface area contributed by atoms with Crippen LogP contribution >= 0.6 is 75.3 Å². The summed E-state index contributed by atoms with van der Waals surface area (Å²) in [5, 5.41) is 33.5. The molecule has 12 rings (SSSR count). The van der Waals surface area contributed by atoms with Crippen LogP contribution in [-0.2, 0) is 28.5 Å². The number of rotatable bonds is 20. The lowest BCUT2D eigenvalue weighted by Crippen LogP contribution is -2.64. The average Bonchev–Trinajstić information content (AvgIpc) is 0.923. The van der Waals surface area contributed by atoms with E-state index < -0.39 is 10.1 Å². The first-order chi connectivity index (χ1) is 48.4. The van der Waals surface area contributed by atoms with Gasteiger partial charge in [0.25, 0.3) is 10.1 Å². The van der Waals surface area contributed by atoms with Crippen molar-refractivity contribution in [3.63, 3.8) is 0 Å². The predicted octanol–water partition coefficient (Wildman–Crippen LogP) is 12.7. The molecule has 0 unspecified atom stereocenters. The average molecular weight is 1710 g/mol. The Bertz CT molecular complexity index is 3640. The van der Waals surface area contributed by atoms with E-state index >= 15 is 0 Å². The van der Waals surface area contributed by atoms with Crippen LogP contribution in [0.2, 0.25) is 0 Å². The minimum atomic E-state index is -3.37. The van der Waals surface area contributed by atoms with Gasteiger partial charge in [-0.05, 0) is 193 Å². The SMILES string of the molecule is CC1(N)COC1.CCCN(CCOS(C)(=O)=O)c1cc(C)cc(Br)c1.Cc1cc(Br)cc(N(CCO)CCO)c1.Cc1cc(Br)cc(N2CCN(C3(C)COC3)CC2)c1.Cc1cc(N)cc(Br)c1.Cc1cc(Nc2ncn(-c3ccccc3)n2)cc(N2CCN(C3(C)COC3)CC2)c1.OCCCl. The van der Waals surface area contributed by atoms with Crippen LogP contribution in [-0.4, -0.2) is 222 Å². The molecule has 8 N–H and O–H groups in total. The Hall–Kier alpha value is -4.98. The molecule has 27 heteroatoms. The third-order valence-corrected chi connectivity index (χ3v) is 19.6. The normalized spacial score (nSPS) is 16.4. The first-order valence-corrected chi connectivity index (χ1v) is 39.9. The number of aliphatic hydroxyl groups excluding tert-OH is 3. The molecule has 5 aliphatic rings. The van der Waals surface area contributed by atoms with Crippen LogP contribution in [0, 0.1) is 34.6 Å². The second-order valence-corrected chi connectivity index (χ2v) is 32.7. The predicted molar refractivity (Wildman–Crippen MR) is 433 cm³/mol. The van der Waals surface area contributed by atoms with Gasteiger partial charge >= 0.3 is 0 Å². The molecule has 562 valence electrons. The maximum absolute atomic E-state index is 11.0. The lowest BCUT2D eigenvalue weighted by Gasteiger charge is -2.50. The van der Waals surface area contributed by atoms with E-state index in [-0.39, 0.29) is 37.5 Å². The zero-order chi connectivity index (χ0) is 74.6. The lowest BCUT2D eigenvalue weighted by atomic mass is 9.97. The van der Waals surface area contributed by atoms with Crippen LogP contribution in [0.4, 0.5) is 40.1 Å². The smallest absolute Gasteiger partial charge is 0.264 e. The van der Waals surface area contributed by atoms with Crippen LogP contribution in [0.1, 0.15) is 61.9 Å². The molecule has 102 heavy (non-hydrogen) atoms. The first kappa shape index (κ1) is 85.9. The zero-order valence-electron chi connectivity index (χ0n) is 60.9. The molecular weight excluding hydrogens is 1600 g/mol. The molecule has 0 spiro atoms. The monoisotopic (exact) mass is 1700 g/mol. The van der Waals surface area contributed by atoms with Gasteiger partial charge in [0.05, 0.1) is 94.6 Å². The van der Waals surface area contributed by atoms with Gasteiger partial charge in [0, 0.05) is 136 Å². The summed E-state index contributed by atoms with van der Waals surface area (Å²) in [5.41, 5.74) is 25.1. The van der Waals surface area contributed by atoms with E-state index in [4.69, 9.17) is 56.8 Å². The van der Waals surface area contributed by atoms with Crippen LogP contribution in [0.3, 0.4) is 0 Å². The number of anilines is 7. The number of halogens is 5. The Morgan fingerprint density at radius 2 is 0.990 bits per heavy atom. The molecule has 5 saturated heterocycles. The van der Waals surface area contributed by atoms with E-state index in [2.05, 4.69) is 181 Å². The van der Waals surface area contributed by atoms with Crippen LogP contribution in [0.15, 0.2) is 146 Å². The van der Waals surface area contributed by atoms with Crippen molar-refractivity contribution >= 4 is 126 Å². The summed E-state index contributed by atoms with van der Waals surface area (Å²) >= 11 is 18.8. The fraction of sp³-hybridized carbons (Fsp3) is 0.493. The third kappa shape index (κ3) is 29.4. The largest absolute Gasteiger partial charge is 0.399 e. The highest BCUT2D eigenvalue weighted by molar-refractivity contribution is 9.11. The molecule has 21 nitrogen and oxygen atoms in total. The summed E-state index contributed by atoms with van der Waals surface area (Å²) in [6, 6.07) is 41.3. The molecular formula is C75H107Br4ClN12O9S. The molecule has 0 atom stereocenters. The molecule has 1 aromatic heterocycles. The number of aliphatic hydroxyl groups is 3. The van der Waals surface area contributed by atoms with Crippen molar-refractivity contribution in [1.29, 1.82) is 0 Å². The molecule has 0 radical (unpaired) electrons. The van der Waals surface area contributed by atoms with Crippen LogP contribution in [0.25, 0.3) is 5.69 Å². The van der Waals surface area contributed by atoms with E-state index in [1.165, 1.54) is 32.5 Å². The van der Waals surface area contributed by atoms with Gasteiger partial charge in [0.1, 0.15) is 6.33 Å². The van der Waals surface area contributed by atoms with E-state index in [0.717, 1.165) is 164 Å². The Kier molecular flexibility index (Phi) is 35.7. The van der Waals surface area contributed by atoms with E-state index in [1.54, 1.807) is 11.0 Å². The van der Waals surface area contributed by atoms with Gasteiger partial charge in [0.15, 0.2) is 0 Å². The Labute approximate surface area is 644 Å². The standard InChI is InChI=1S/C23H28N6O.C15H21BrN2O.C13H20BrNO3S.C11H16BrNO2.C7H8BrN.C4H9NO.C2H5ClO/c1-18-12-19(25-22-24-17-29(26-22)20-6-4-3-5-7-20)14-21(13-18)27-8-10-28(11-9-27)23(2)15-30-16-23;1-12-7-13(16)9-14(8-12)17-3-5-18(6-4-17)15(2)10-19-11-15;1-4-5-15(6-7-18-19(3,16)17)13-9-11(2)8-12(14)10-13;1-9-6-10(12)8-11(7-9)13(2-4-14)3-5-15;1-5-2-6(8)4-7(9)3-5;1-4(5)2-6-3-4;3-1-2-4/h3-7,12-14,17H,8-11,15-16H2,1-2H3,(H,25,26);7-9H,3-6,10-11H2,1-2H3;8-10H,4-7H2,1-3H3;6-8,14-15H,2-5H2,1H3;2-4H,9H2,1H3;2-3,5H2,1H3;4H,1-2H2. The van der Waals surface area contributed by atoms with Gasteiger partial charge in [-0.1, -0.05) is 88.8 Å². The fourth-order valence-corrected chi connectivity index (χ4v) is 14.6. The van der Waals surface area contributed by atoms with Crippen LogP contribution < -0.4 is 36.4 Å². The number of nitrogens with zero attached hydrogens (tertiary/aromatic N) is 9. The molecule has 0 bridgehead atoms. The minimum absolute atomic E-state index is 0. The summed E-state index contributed by atoms with van der Waals surface area (Å²) in [6.07, 6.45) is 3.79. The number of piperazine rings is 2. The van der Waals surface area contributed by atoms with E-state index in [9.17, 15) is 8.42 Å². The number of nitrogens with one attached hydrogen (secondary N) is 1. The Morgan fingerprint density at radius 3 is 1.37 bits per heavy atom. The van der Waals surface area contributed by atoms with Gasteiger partial charge in [-0.25, -0.2) is 4.68 Å². The van der Waals surface area contributed by atoms with Gasteiger partial charge in [-0.3, -0.25) is 14.0 Å². The maximum Gasteiger partial charge on any atom is 0.264 e. The Balaban J connectivity index is 0.000000201. The number of ether oxygens (including phenoxy) is 3. The van der Waals surface area contributed by atoms with Crippen molar-refractivity contribution in [3.8, 4) is 5.69 Å². The highest BCUT2D eigenvalue weighted by Crippen LogP contribution is 2.32. The lowest BCUT2D eigenvalue weighted by molar-refractivity contribution is -0.131. The summed E-state index contributed by atoms with van der Waals surface area (Å²) in [7, 11) is -3.37. The minimum Gasteiger partial charge on any atom is -0.399 e. The number of para-hydroxylation sites is 1. The highest BCUT2D eigenvalue weighted by Gasteiger charge is 2.42. The van der Waals surface area contributed by atoms with Crippen molar-refractivity contribution in [3.05, 3.63) is 173 Å². The summed E-state index contributed by atoms with van der Waals surface area (Å²) in [4.78, 5) is 18.6. The number of hydrogen-bond donors (Lipinski definition) is 6. The van der Waals surface area contributed by atoms with Crippen molar-refractivity contribution < 1.29 is 42.1 Å². The molecule has 5 aliphatic heterocycles. The number of aryl methyl sites for hydroxylation is 5. The number of alkyl halides is 1. The highest BCUT2D eigenvalue weighted by atomic mass is 79.9. The molecule has 6 heterocycles. The fourth-order valence-electron chi connectivity index (χ4n) is 11.8. The van der Waals surface area contributed by atoms with Gasteiger partial charge in [-0.15, -0.1) is 16.7 Å². The molecule has 5 fully saturated rings. The number of aromatic nitrogens is 3. The third-order valence-electron chi connectivity index (χ3n) is 17.0.